The van der Waals surface area contributed by atoms with Crippen LogP contribution in [0.5, 0.6) is 0 Å². The molecular formula is C12H21N3OS. The third kappa shape index (κ3) is 3.04. The summed E-state index contributed by atoms with van der Waals surface area (Å²) in [6.07, 6.45) is 0. The quantitative estimate of drug-likeness (QED) is 0.863. The first kappa shape index (κ1) is 14.1. The van der Waals surface area contributed by atoms with E-state index in [1.54, 1.807) is 0 Å². The highest BCUT2D eigenvalue weighted by Gasteiger charge is 2.30. The van der Waals surface area contributed by atoms with Crippen LogP contribution < -0.4 is 11.1 Å². The molecule has 0 spiro atoms. The first-order chi connectivity index (χ1) is 7.80. The molecule has 4 nitrogen and oxygen atoms in total. The molecule has 1 aromatic heterocycles. The largest absolute Gasteiger partial charge is 0.345 e. The van der Waals surface area contributed by atoms with E-state index < -0.39 is 0 Å². The molecule has 0 fully saturated rings. The first-order valence-corrected chi connectivity index (χ1v) is 6.58. The van der Waals surface area contributed by atoms with Crippen molar-refractivity contribution in [1.29, 1.82) is 0 Å². The summed E-state index contributed by atoms with van der Waals surface area (Å²) < 4.78 is 0. The molecule has 96 valence electrons. The Morgan fingerprint density at radius 2 is 2.12 bits per heavy atom. The standard InChI is InChI=1S/C12H21N3OS/c1-7(2)12(5,6-13)15-11(16)10-8(3)14-9(4)17-10/h7H,6,13H2,1-5H3,(H,15,16). The van der Waals surface area contributed by atoms with Gasteiger partial charge in [0.05, 0.1) is 16.2 Å². The third-order valence-electron chi connectivity index (χ3n) is 3.21. The zero-order valence-corrected chi connectivity index (χ0v) is 11.9. The van der Waals surface area contributed by atoms with Crippen molar-refractivity contribution in [3.63, 3.8) is 0 Å². The number of nitrogens with one attached hydrogen (secondary N) is 1. The Kier molecular flexibility index (Phi) is 4.27. The lowest BCUT2D eigenvalue weighted by Gasteiger charge is -2.33. The molecular weight excluding hydrogens is 234 g/mol. The van der Waals surface area contributed by atoms with Crippen LogP contribution in [-0.4, -0.2) is 23.0 Å². The van der Waals surface area contributed by atoms with Crippen LogP contribution in [0.2, 0.25) is 0 Å². The summed E-state index contributed by atoms with van der Waals surface area (Å²) in [5.41, 5.74) is 6.16. The minimum atomic E-state index is -0.374. The zero-order valence-electron chi connectivity index (χ0n) is 11.1. The van der Waals surface area contributed by atoms with Crippen molar-refractivity contribution in [2.24, 2.45) is 11.7 Å². The smallest absolute Gasteiger partial charge is 0.263 e. The first-order valence-electron chi connectivity index (χ1n) is 5.76. The van der Waals surface area contributed by atoms with Crippen molar-refractivity contribution < 1.29 is 4.79 Å². The molecule has 1 atom stereocenters. The fraction of sp³-hybridized carbons (Fsp3) is 0.667. The Balaban J connectivity index is 2.89. The molecule has 3 N–H and O–H groups in total. The van der Waals surface area contributed by atoms with E-state index >= 15 is 0 Å². The van der Waals surface area contributed by atoms with E-state index in [-0.39, 0.29) is 17.4 Å². The van der Waals surface area contributed by atoms with E-state index in [2.05, 4.69) is 24.1 Å². The summed E-state index contributed by atoms with van der Waals surface area (Å²) in [6.45, 7) is 10.3. The lowest BCUT2D eigenvalue weighted by molar-refractivity contribution is 0.0886. The number of amides is 1. The van der Waals surface area contributed by atoms with E-state index in [1.807, 2.05) is 20.8 Å². The van der Waals surface area contributed by atoms with E-state index in [9.17, 15) is 4.79 Å². The van der Waals surface area contributed by atoms with Crippen molar-refractivity contribution in [2.45, 2.75) is 40.2 Å². The van der Waals surface area contributed by atoms with Crippen molar-refractivity contribution >= 4 is 17.2 Å². The molecule has 0 bridgehead atoms. The van der Waals surface area contributed by atoms with Crippen molar-refractivity contribution in [3.05, 3.63) is 15.6 Å². The number of hydrogen-bond donors (Lipinski definition) is 2. The monoisotopic (exact) mass is 255 g/mol. The minimum Gasteiger partial charge on any atom is -0.345 e. The van der Waals surface area contributed by atoms with Gasteiger partial charge in [0.2, 0.25) is 0 Å². The fourth-order valence-electron chi connectivity index (χ4n) is 1.49. The number of carbonyl (C=O) groups excluding carboxylic acids is 1. The Morgan fingerprint density at radius 3 is 2.47 bits per heavy atom. The van der Waals surface area contributed by atoms with E-state index in [0.29, 0.717) is 11.4 Å². The molecule has 0 aliphatic rings. The molecule has 1 amide bonds. The Hall–Kier alpha value is -0.940. The molecule has 0 radical (unpaired) electrons. The van der Waals surface area contributed by atoms with Crippen LogP contribution >= 0.6 is 11.3 Å². The summed E-state index contributed by atoms with van der Waals surface area (Å²) in [5, 5.41) is 3.93. The lowest BCUT2D eigenvalue weighted by Crippen LogP contribution is -2.54. The average Bonchev–Trinajstić information content (AvgIpc) is 2.57. The van der Waals surface area contributed by atoms with Gasteiger partial charge >= 0.3 is 0 Å². The van der Waals surface area contributed by atoms with Crippen LogP contribution in [-0.2, 0) is 0 Å². The average molecular weight is 255 g/mol. The van der Waals surface area contributed by atoms with Gasteiger partial charge in [-0.3, -0.25) is 4.79 Å². The minimum absolute atomic E-state index is 0.0743. The number of aryl methyl sites for hydroxylation is 2. The van der Waals surface area contributed by atoms with E-state index in [1.165, 1.54) is 11.3 Å². The highest BCUT2D eigenvalue weighted by molar-refractivity contribution is 7.13. The van der Waals surface area contributed by atoms with Crippen molar-refractivity contribution in [3.8, 4) is 0 Å². The van der Waals surface area contributed by atoms with E-state index in [0.717, 1.165) is 10.7 Å². The van der Waals surface area contributed by atoms with E-state index in [4.69, 9.17) is 5.73 Å². The summed E-state index contributed by atoms with van der Waals surface area (Å²) in [6, 6.07) is 0. The van der Waals surface area contributed by atoms with Gasteiger partial charge < -0.3 is 11.1 Å². The predicted octanol–water partition coefficient (Wildman–Crippen LogP) is 1.86. The second kappa shape index (κ2) is 5.14. The van der Waals surface area contributed by atoms with Crippen LogP contribution in [0.1, 0.15) is 41.1 Å². The molecule has 5 heteroatoms. The molecule has 0 saturated heterocycles. The van der Waals surface area contributed by atoms with Gasteiger partial charge in [-0.2, -0.15) is 0 Å². The fourth-order valence-corrected chi connectivity index (χ4v) is 2.30. The number of thiazole rings is 1. The third-order valence-corrected chi connectivity index (χ3v) is 4.28. The molecule has 0 aliphatic carbocycles. The van der Waals surface area contributed by atoms with Gasteiger partial charge in [0.25, 0.3) is 5.91 Å². The summed E-state index contributed by atoms with van der Waals surface area (Å²) in [7, 11) is 0. The van der Waals surface area contributed by atoms with Crippen molar-refractivity contribution in [2.75, 3.05) is 6.54 Å². The molecule has 1 heterocycles. The lowest BCUT2D eigenvalue weighted by atomic mass is 9.88. The highest BCUT2D eigenvalue weighted by Crippen LogP contribution is 2.20. The number of hydrogen-bond acceptors (Lipinski definition) is 4. The molecule has 0 aliphatic heterocycles. The second-order valence-electron chi connectivity index (χ2n) is 4.88. The highest BCUT2D eigenvalue weighted by atomic mass is 32.1. The van der Waals surface area contributed by atoms with Crippen LogP contribution in [0, 0.1) is 19.8 Å². The number of rotatable bonds is 4. The number of nitrogens with two attached hydrogens (primary N) is 1. The van der Waals surface area contributed by atoms with Gasteiger partial charge in [0.1, 0.15) is 4.88 Å². The molecule has 1 rings (SSSR count). The number of aromatic nitrogens is 1. The predicted molar refractivity (Wildman–Crippen MR) is 71.4 cm³/mol. The van der Waals surface area contributed by atoms with Gasteiger partial charge in [-0.25, -0.2) is 4.98 Å². The Morgan fingerprint density at radius 1 is 1.53 bits per heavy atom. The molecule has 17 heavy (non-hydrogen) atoms. The van der Waals surface area contributed by atoms with Crippen molar-refractivity contribution in [1.82, 2.24) is 10.3 Å². The normalized spacial score (nSPS) is 14.8. The van der Waals surface area contributed by atoms with Crippen LogP contribution in [0.15, 0.2) is 0 Å². The SMILES string of the molecule is Cc1nc(C)c(C(=O)NC(C)(CN)C(C)C)s1. The summed E-state index contributed by atoms with van der Waals surface area (Å²) in [4.78, 5) is 17.1. The maximum atomic E-state index is 12.2. The van der Waals surface area contributed by atoms with Crippen LogP contribution in [0.3, 0.4) is 0 Å². The number of nitrogens with zero attached hydrogens (tertiary/aromatic N) is 1. The topological polar surface area (TPSA) is 68.0 Å². The second-order valence-corrected chi connectivity index (χ2v) is 6.08. The Labute approximate surface area is 107 Å². The maximum absolute atomic E-state index is 12.2. The van der Waals surface area contributed by atoms with Crippen LogP contribution in [0.25, 0.3) is 0 Å². The maximum Gasteiger partial charge on any atom is 0.263 e. The van der Waals surface area contributed by atoms with Gasteiger partial charge in [-0.05, 0) is 26.7 Å². The summed E-state index contributed by atoms with van der Waals surface area (Å²) >= 11 is 1.42. The molecule has 1 unspecified atom stereocenters. The zero-order chi connectivity index (χ0) is 13.2. The molecule has 0 saturated carbocycles. The molecule has 0 aromatic carbocycles. The molecule has 1 aromatic rings. The Bertz CT molecular complexity index is 414. The van der Waals surface area contributed by atoms with Gasteiger partial charge in [-0.1, -0.05) is 13.8 Å². The van der Waals surface area contributed by atoms with Gasteiger partial charge in [0.15, 0.2) is 0 Å². The number of carbonyl (C=O) groups is 1. The summed E-state index contributed by atoms with van der Waals surface area (Å²) in [5.74, 6) is 0.209. The van der Waals surface area contributed by atoms with Gasteiger partial charge in [-0.15, -0.1) is 11.3 Å². The van der Waals surface area contributed by atoms with Crippen LogP contribution in [0.4, 0.5) is 0 Å². The van der Waals surface area contributed by atoms with Gasteiger partial charge in [0, 0.05) is 6.54 Å².